The minimum Gasteiger partial charge on any atom is -0.481 e. The SMILES string of the molecule is O=C(O)C1CN(Cc2ccc3c(c2)CCc2c-3noc2-c2snc(-c3ccccc3)c2C(F)(F)F)C1. The third-order valence-corrected chi connectivity index (χ3v) is 7.64. The van der Waals surface area contributed by atoms with Gasteiger partial charge in [0.05, 0.1) is 11.6 Å². The van der Waals surface area contributed by atoms with Crippen LogP contribution >= 0.6 is 11.5 Å². The summed E-state index contributed by atoms with van der Waals surface area (Å²) >= 11 is 0.779. The van der Waals surface area contributed by atoms with Crippen LogP contribution in [0.25, 0.3) is 33.2 Å². The van der Waals surface area contributed by atoms with Crippen LogP contribution in [0.2, 0.25) is 0 Å². The number of alkyl halides is 3. The summed E-state index contributed by atoms with van der Waals surface area (Å²) in [4.78, 5) is 13.1. The Kier molecular flexibility index (Phi) is 5.45. The summed E-state index contributed by atoms with van der Waals surface area (Å²) in [6.07, 6.45) is -3.45. The van der Waals surface area contributed by atoms with Crippen molar-refractivity contribution < 1.29 is 27.6 Å². The number of carboxylic acids is 1. The Morgan fingerprint density at radius 1 is 1.11 bits per heavy atom. The van der Waals surface area contributed by atoms with Crippen molar-refractivity contribution in [2.45, 2.75) is 25.6 Å². The van der Waals surface area contributed by atoms with E-state index in [9.17, 15) is 18.0 Å². The molecule has 0 spiro atoms. The maximum Gasteiger partial charge on any atom is 0.420 e. The Balaban J connectivity index is 1.33. The lowest BCUT2D eigenvalue weighted by molar-refractivity contribution is -0.147. The number of aliphatic carboxylic acids is 1. The fraction of sp³-hybridized carbons (Fsp3) is 0.269. The lowest BCUT2D eigenvalue weighted by atomic mass is 9.87. The van der Waals surface area contributed by atoms with Crippen LogP contribution in [0.15, 0.2) is 53.1 Å². The van der Waals surface area contributed by atoms with Crippen molar-refractivity contribution in [2.75, 3.05) is 13.1 Å². The molecule has 184 valence electrons. The molecule has 2 aromatic carbocycles. The minimum atomic E-state index is -4.61. The van der Waals surface area contributed by atoms with Crippen LogP contribution in [0.4, 0.5) is 13.2 Å². The van der Waals surface area contributed by atoms with E-state index in [-0.39, 0.29) is 22.2 Å². The summed E-state index contributed by atoms with van der Waals surface area (Å²) in [6, 6.07) is 14.3. The highest BCUT2D eigenvalue weighted by atomic mass is 32.1. The molecule has 1 fully saturated rings. The zero-order valence-electron chi connectivity index (χ0n) is 18.9. The van der Waals surface area contributed by atoms with Gasteiger partial charge in [0.25, 0.3) is 0 Å². The predicted molar refractivity (Wildman–Crippen MR) is 127 cm³/mol. The Morgan fingerprint density at radius 2 is 1.89 bits per heavy atom. The maximum absolute atomic E-state index is 14.2. The second kappa shape index (κ2) is 8.56. The summed E-state index contributed by atoms with van der Waals surface area (Å²) in [5, 5.41) is 13.3. The largest absolute Gasteiger partial charge is 0.481 e. The molecule has 0 unspecified atom stereocenters. The van der Waals surface area contributed by atoms with Crippen molar-refractivity contribution in [1.82, 2.24) is 14.4 Å². The van der Waals surface area contributed by atoms with Crippen LogP contribution < -0.4 is 0 Å². The van der Waals surface area contributed by atoms with Gasteiger partial charge in [-0.1, -0.05) is 53.7 Å². The average molecular weight is 512 g/mol. The van der Waals surface area contributed by atoms with E-state index in [1.54, 1.807) is 30.3 Å². The van der Waals surface area contributed by atoms with Gasteiger partial charge >= 0.3 is 12.1 Å². The number of likely N-dealkylation sites (tertiary alicyclic amines) is 1. The number of carbonyl (C=O) groups is 1. The van der Waals surface area contributed by atoms with Gasteiger partial charge < -0.3 is 9.63 Å². The topological polar surface area (TPSA) is 79.5 Å². The molecule has 1 saturated heterocycles. The molecule has 1 aliphatic carbocycles. The van der Waals surface area contributed by atoms with Crippen LogP contribution in [0.1, 0.15) is 22.3 Å². The summed E-state index contributed by atoms with van der Waals surface area (Å²) in [5.41, 5.74) is 3.70. The number of carboxylic acid groups (broad SMARTS) is 1. The molecular weight excluding hydrogens is 491 g/mol. The van der Waals surface area contributed by atoms with E-state index in [0.29, 0.717) is 49.3 Å². The summed E-state index contributed by atoms with van der Waals surface area (Å²) in [6.45, 7) is 1.72. The van der Waals surface area contributed by atoms with Gasteiger partial charge in [-0.05, 0) is 35.5 Å². The molecule has 0 radical (unpaired) electrons. The highest BCUT2D eigenvalue weighted by molar-refractivity contribution is 7.10. The van der Waals surface area contributed by atoms with E-state index >= 15 is 0 Å². The van der Waals surface area contributed by atoms with Gasteiger partial charge in [-0.15, -0.1) is 0 Å². The number of benzene rings is 2. The van der Waals surface area contributed by atoms with Crippen molar-refractivity contribution >= 4 is 17.5 Å². The van der Waals surface area contributed by atoms with Crippen LogP contribution in [0.5, 0.6) is 0 Å². The van der Waals surface area contributed by atoms with Gasteiger partial charge in [-0.2, -0.15) is 17.5 Å². The first kappa shape index (κ1) is 22.9. The van der Waals surface area contributed by atoms with Crippen molar-refractivity contribution in [3.05, 3.63) is 70.8 Å². The van der Waals surface area contributed by atoms with Gasteiger partial charge in [0.15, 0.2) is 5.76 Å². The average Bonchev–Trinajstić information content (AvgIpc) is 3.45. The van der Waals surface area contributed by atoms with E-state index in [1.807, 2.05) is 12.1 Å². The molecular formula is C26H20F3N3O3S. The number of nitrogens with zero attached hydrogens (tertiary/aromatic N) is 3. The molecule has 0 amide bonds. The van der Waals surface area contributed by atoms with Crippen LogP contribution in [-0.4, -0.2) is 38.6 Å². The van der Waals surface area contributed by atoms with Crippen LogP contribution in [-0.2, 0) is 30.4 Å². The second-order valence-electron chi connectivity index (χ2n) is 9.16. The summed E-state index contributed by atoms with van der Waals surface area (Å²) in [7, 11) is 0. The lowest BCUT2D eigenvalue weighted by Crippen LogP contribution is -2.49. The molecule has 2 aromatic heterocycles. The zero-order chi connectivity index (χ0) is 25.0. The smallest absolute Gasteiger partial charge is 0.420 e. The summed E-state index contributed by atoms with van der Waals surface area (Å²) in [5.74, 6) is -0.946. The quantitative estimate of drug-likeness (QED) is 0.367. The predicted octanol–water partition coefficient (Wildman–Crippen LogP) is 5.77. The molecule has 4 aromatic rings. The van der Waals surface area contributed by atoms with Crippen molar-refractivity contribution in [1.29, 1.82) is 0 Å². The first-order valence-electron chi connectivity index (χ1n) is 11.5. The van der Waals surface area contributed by atoms with E-state index in [4.69, 9.17) is 9.63 Å². The van der Waals surface area contributed by atoms with Crippen LogP contribution in [0.3, 0.4) is 0 Å². The number of aryl methyl sites for hydroxylation is 1. The van der Waals surface area contributed by atoms with Gasteiger partial charge in [0, 0.05) is 36.3 Å². The fourth-order valence-electron chi connectivity index (χ4n) is 4.99. The molecule has 3 heterocycles. The number of hydrogen-bond donors (Lipinski definition) is 1. The molecule has 10 heteroatoms. The van der Waals surface area contributed by atoms with Gasteiger partial charge in [0.2, 0.25) is 0 Å². The van der Waals surface area contributed by atoms with Gasteiger partial charge in [-0.3, -0.25) is 9.69 Å². The molecule has 1 N–H and O–H groups in total. The third kappa shape index (κ3) is 3.90. The van der Waals surface area contributed by atoms with E-state index in [2.05, 4.69) is 20.5 Å². The molecule has 2 aliphatic rings. The Morgan fingerprint density at radius 3 is 2.61 bits per heavy atom. The Labute approximate surface area is 208 Å². The number of rotatable bonds is 5. The number of fused-ring (bicyclic) bond motifs is 3. The van der Waals surface area contributed by atoms with E-state index < -0.39 is 17.7 Å². The number of hydrogen-bond acceptors (Lipinski definition) is 6. The monoisotopic (exact) mass is 511 g/mol. The van der Waals surface area contributed by atoms with Crippen molar-refractivity contribution in [3.8, 4) is 33.2 Å². The van der Waals surface area contributed by atoms with Gasteiger partial charge in [0.1, 0.15) is 16.1 Å². The molecule has 6 rings (SSSR count). The fourth-order valence-corrected chi connectivity index (χ4v) is 5.91. The highest BCUT2D eigenvalue weighted by Gasteiger charge is 2.42. The third-order valence-electron chi connectivity index (χ3n) is 6.80. The Bertz CT molecular complexity index is 1460. The van der Waals surface area contributed by atoms with Crippen molar-refractivity contribution in [2.24, 2.45) is 5.92 Å². The first-order valence-corrected chi connectivity index (χ1v) is 12.3. The normalized spacial score (nSPS) is 15.9. The number of halogens is 3. The van der Waals surface area contributed by atoms with E-state index in [1.165, 1.54) is 0 Å². The van der Waals surface area contributed by atoms with Gasteiger partial charge in [-0.25, -0.2) is 0 Å². The molecule has 36 heavy (non-hydrogen) atoms. The van der Waals surface area contributed by atoms with Crippen molar-refractivity contribution in [3.63, 3.8) is 0 Å². The standard InChI is InChI=1S/C26H20F3N3O3S/c27-26(28,29)20-21(15-4-2-1-3-5-15)31-36-24(20)23-19-9-7-16-10-14(6-8-18(16)22(19)30-35-23)11-32-12-17(13-32)25(33)34/h1-6,8,10,17H,7,9,11-13H2,(H,33,34). The highest BCUT2D eigenvalue weighted by Crippen LogP contribution is 2.48. The molecule has 6 nitrogen and oxygen atoms in total. The Hall–Kier alpha value is -3.50. The maximum atomic E-state index is 14.2. The molecule has 0 atom stereocenters. The molecule has 0 bridgehead atoms. The van der Waals surface area contributed by atoms with E-state index in [0.717, 1.165) is 28.2 Å². The number of aromatic nitrogens is 2. The second-order valence-corrected chi connectivity index (χ2v) is 9.93. The minimum absolute atomic E-state index is 0.0547. The zero-order valence-corrected chi connectivity index (χ0v) is 19.7. The lowest BCUT2D eigenvalue weighted by Gasteiger charge is -2.36. The molecule has 0 saturated carbocycles. The first-order chi connectivity index (χ1) is 17.3. The summed E-state index contributed by atoms with van der Waals surface area (Å²) < 4.78 is 52.4. The van der Waals surface area contributed by atoms with Crippen LogP contribution in [0, 0.1) is 5.92 Å². The molecule has 1 aliphatic heterocycles.